The molecule has 0 saturated heterocycles. The van der Waals surface area contributed by atoms with Gasteiger partial charge in [0, 0.05) is 12.5 Å². The van der Waals surface area contributed by atoms with Crippen LogP contribution in [0.5, 0.6) is 0 Å². The summed E-state index contributed by atoms with van der Waals surface area (Å²) in [5.41, 5.74) is 0.877. The zero-order valence-corrected chi connectivity index (χ0v) is 10.1. The minimum atomic E-state index is -0.325. The highest BCUT2D eigenvalue weighted by Crippen LogP contribution is 2.21. The first-order chi connectivity index (χ1) is 8.70. The van der Waals surface area contributed by atoms with E-state index in [9.17, 15) is 10.0 Å². The van der Waals surface area contributed by atoms with E-state index in [-0.39, 0.29) is 30.9 Å². The van der Waals surface area contributed by atoms with E-state index in [1.807, 2.05) is 36.4 Å². The average molecular weight is 247 g/mol. The van der Waals surface area contributed by atoms with Gasteiger partial charge in [0.1, 0.15) is 0 Å². The zero-order valence-electron chi connectivity index (χ0n) is 10.1. The number of amides is 1. The lowest BCUT2D eigenvalue weighted by Crippen LogP contribution is -2.37. The molecule has 2 N–H and O–H groups in total. The van der Waals surface area contributed by atoms with Gasteiger partial charge in [0.2, 0.25) is 0 Å². The predicted molar refractivity (Wildman–Crippen MR) is 66.9 cm³/mol. The maximum Gasteiger partial charge on any atom is 0.250 e. The smallest absolute Gasteiger partial charge is 0.250 e. The summed E-state index contributed by atoms with van der Waals surface area (Å²) in [7, 11) is 0. The maximum atomic E-state index is 11.9. The Morgan fingerprint density at radius 3 is 2.61 bits per heavy atom. The van der Waals surface area contributed by atoms with Crippen LogP contribution in [0.1, 0.15) is 12.0 Å². The third-order valence-electron chi connectivity index (χ3n) is 3.15. The van der Waals surface area contributed by atoms with Gasteiger partial charge in [-0.25, -0.2) is 5.06 Å². The second kappa shape index (κ2) is 5.80. The first-order valence-corrected chi connectivity index (χ1v) is 6.04. The molecular weight excluding hydrogens is 230 g/mol. The van der Waals surface area contributed by atoms with E-state index in [4.69, 9.17) is 5.11 Å². The molecule has 0 unspecified atom stereocenters. The van der Waals surface area contributed by atoms with E-state index in [0.717, 1.165) is 10.6 Å². The normalized spacial score (nSPS) is 22.1. The summed E-state index contributed by atoms with van der Waals surface area (Å²) in [6.45, 7) is 0.0493. The zero-order chi connectivity index (χ0) is 13.0. The van der Waals surface area contributed by atoms with Gasteiger partial charge in [0.25, 0.3) is 5.91 Å². The summed E-state index contributed by atoms with van der Waals surface area (Å²) in [5, 5.41) is 19.6. The lowest BCUT2D eigenvalue weighted by molar-refractivity contribution is -0.171. The minimum Gasteiger partial charge on any atom is -0.396 e. The molecular formula is C14H17NO3. The van der Waals surface area contributed by atoms with Crippen LogP contribution in [0.25, 0.3) is 0 Å². The molecule has 4 heteroatoms. The number of aliphatic hydroxyl groups is 1. The molecule has 1 aromatic carbocycles. The van der Waals surface area contributed by atoms with E-state index in [1.54, 1.807) is 6.08 Å². The number of hydroxylamine groups is 2. The summed E-state index contributed by atoms with van der Waals surface area (Å²) in [4.78, 5) is 11.9. The Morgan fingerprint density at radius 2 is 2.00 bits per heavy atom. The molecule has 0 aliphatic heterocycles. The minimum absolute atomic E-state index is 0.0363. The highest BCUT2D eigenvalue weighted by atomic mass is 16.5. The molecule has 2 rings (SSSR count). The third-order valence-corrected chi connectivity index (χ3v) is 3.15. The maximum absolute atomic E-state index is 11.9. The first kappa shape index (κ1) is 12.8. The number of hydrogen-bond acceptors (Lipinski definition) is 3. The fraction of sp³-hybridized carbons (Fsp3) is 0.357. The Kier molecular flexibility index (Phi) is 4.12. The van der Waals surface area contributed by atoms with Crippen LogP contribution >= 0.6 is 0 Å². The molecule has 0 aromatic heterocycles. The van der Waals surface area contributed by atoms with E-state index < -0.39 is 0 Å². The van der Waals surface area contributed by atoms with Crippen molar-refractivity contribution in [3.8, 4) is 0 Å². The second-order valence-corrected chi connectivity index (χ2v) is 4.53. The van der Waals surface area contributed by atoms with Crippen LogP contribution in [-0.4, -0.2) is 33.9 Å². The fourth-order valence-electron chi connectivity index (χ4n) is 2.11. The molecule has 1 aromatic rings. The van der Waals surface area contributed by atoms with Gasteiger partial charge in [-0.15, -0.1) is 0 Å². The summed E-state index contributed by atoms with van der Waals surface area (Å²) in [6.07, 6.45) is 4.37. The number of aliphatic hydroxyl groups excluding tert-OH is 1. The molecule has 1 aliphatic carbocycles. The van der Waals surface area contributed by atoms with Crippen molar-refractivity contribution in [2.24, 2.45) is 5.92 Å². The number of nitrogens with zero attached hydrogens (tertiary/aromatic N) is 1. The van der Waals surface area contributed by atoms with Gasteiger partial charge < -0.3 is 5.11 Å². The lowest BCUT2D eigenvalue weighted by Gasteiger charge is -2.21. The van der Waals surface area contributed by atoms with Gasteiger partial charge in [-0.1, -0.05) is 42.5 Å². The average Bonchev–Trinajstić information content (AvgIpc) is 2.87. The molecule has 4 nitrogen and oxygen atoms in total. The summed E-state index contributed by atoms with van der Waals surface area (Å²) < 4.78 is 0. The highest BCUT2D eigenvalue weighted by molar-refractivity contribution is 5.78. The molecule has 0 saturated carbocycles. The van der Waals surface area contributed by atoms with Crippen LogP contribution in [0.15, 0.2) is 42.5 Å². The van der Waals surface area contributed by atoms with E-state index in [2.05, 4.69) is 0 Å². The molecule has 1 amide bonds. The van der Waals surface area contributed by atoms with Gasteiger partial charge in [-0.2, -0.15) is 0 Å². The number of rotatable bonds is 4. The van der Waals surface area contributed by atoms with E-state index >= 15 is 0 Å². The molecule has 0 radical (unpaired) electrons. The van der Waals surface area contributed by atoms with Crippen LogP contribution in [0.3, 0.4) is 0 Å². The van der Waals surface area contributed by atoms with Crippen molar-refractivity contribution in [2.45, 2.75) is 18.9 Å². The molecule has 96 valence electrons. The standard InChI is InChI=1S/C14H17NO3/c16-10-12-6-7-13(8-12)15(18)14(17)9-11-4-2-1-3-5-11/h1-7,12-13,16,18H,8-10H2/t12-,13+/m1/s1. The third kappa shape index (κ3) is 2.97. The van der Waals surface area contributed by atoms with Gasteiger partial charge in [0.15, 0.2) is 0 Å². The predicted octanol–water partition coefficient (Wildman–Crippen LogP) is 1.38. The van der Waals surface area contributed by atoms with Crippen LogP contribution in [0, 0.1) is 5.92 Å². The van der Waals surface area contributed by atoms with Gasteiger partial charge in [-0.05, 0) is 12.0 Å². The van der Waals surface area contributed by atoms with Crippen molar-refractivity contribution < 1.29 is 15.1 Å². The largest absolute Gasteiger partial charge is 0.396 e. The highest BCUT2D eigenvalue weighted by Gasteiger charge is 2.26. The van der Waals surface area contributed by atoms with E-state index in [0.29, 0.717) is 6.42 Å². The second-order valence-electron chi connectivity index (χ2n) is 4.53. The molecule has 0 spiro atoms. The number of carbonyl (C=O) groups is 1. The van der Waals surface area contributed by atoms with Crippen molar-refractivity contribution in [3.05, 3.63) is 48.0 Å². The van der Waals surface area contributed by atoms with Crippen LogP contribution in [0.2, 0.25) is 0 Å². The first-order valence-electron chi connectivity index (χ1n) is 6.04. The van der Waals surface area contributed by atoms with Crippen molar-refractivity contribution in [1.82, 2.24) is 5.06 Å². The summed E-state index contributed by atoms with van der Waals surface area (Å²) in [5.74, 6) is -0.288. The van der Waals surface area contributed by atoms with E-state index in [1.165, 1.54) is 0 Å². The van der Waals surface area contributed by atoms with Crippen molar-refractivity contribution in [1.29, 1.82) is 0 Å². The fourth-order valence-corrected chi connectivity index (χ4v) is 2.11. The lowest BCUT2D eigenvalue weighted by atomic mass is 10.1. The SMILES string of the molecule is O=C(Cc1ccccc1)N(O)[C@H]1C=C[C@@H](CO)C1. The Morgan fingerprint density at radius 1 is 1.28 bits per heavy atom. The number of benzene rings is 1. The monoisotopic (exact) mass is 247 g/mol. The Labute approximate surface area is 106 Å². The molecule has 2 atom stereocenters. The van der Waals surface area contributed by atoms with Crippen molar-refractivity contribution in [2.75, 3.05) is 6.61 Å². The molecule has 0 fully saturated rings. The molecule has 1 aliphatic rings. The summed E-state index contributed by atoms with van der Waals surface area (Å²) >= 11 is 0. The topological polar surface area (TPSA) is 60.8 Å². The van der Waals surface area contributed by atoms with Gasteiger partial charge in [-0.3, -0.25) is 10.0 Å². The summed E-state index contributed by atoms with van der Waals surface area (Å²) in [6, 6.07) is 9.00. The Hall–Kier alpha value is -1.65. The van der Waals surface area contributed by atoms with Gasteiger partial charge in [0.05, 0.1) is 12.5 Å². The van der Waals surface area contributed by atoms with Crippen LogP contribution < -0.4 is 0 Å². The van der Waals surface area contributed by atoms with Crippen LogP contribution in [-0.2, 0) is 11.2 Å². The molecule has 0 heterocycles. The number of carbonyl (C=O) groups excluding carboxylic acids is 1. The quantitative estimate of drug-likeness (QED) is 0.480. The number of hydrogen-bond donors (Lipinski definition) is 2. The van der Waals surface area contributed by atoms with Crippen molar-refractivity contribution >= 4 is 5.91 Å². The molecule has 0 bridgehead atoms. The van der Waals surface area contributed by atoms with Gasteiger partial charge >= 0.3 is 0 Å². The van der Waals surface area contributed by atoms with Crippen LogP contribution in [0.4, 0.5) is 0 Å². The Balaban J connectivity index is 1.92. The Bertz CT molecular complexity index is 430. The van der Waals surface area contributed by atoms with Crippen molar-refractivity contribution in [3.63, 3.8) is 0 Å². The molecule has 18 heavy (non-hydrogen) atoms.